The van der Waals surface area contributed by atoms with E-state index in [0.717, 1.165) is 23.5 Å². The van der Waals surface area contributed by atoms with Gasteiger partial charge in [-0.2, -0.15) is 0 Å². The van der Waals surface area contributed by atoms with Crippen LogP contribution < -0.4 is 4.74 Å². The minimum atomic E-state index is 0.790. The molecule has 98 valence electrons. The molecule has 0 aromatic heterocycles. The maximum absolute atomic E-state index is 5.91. The van der Waals surface area contributed by atoms with Crippen molar-refractivity contribution in [2.75, 3.05) is 0 Å². The van der Waals surface area contributed by atoms with E-state index in [1.807, 2.05) is 18.2 Å². The third kappa shape index (κ3) is 4.06. The number of hydrogen-bond donors (Lipinski definition) is 0. The maximum Gasteiger partial charge on any atom is 0.130 e. The van der Waals surface area contributed by atoms with Crippen LogP contribution in [0, 0.1) is 6.92 Å². The molecule has 1 aromatic rings. The second-order valence-corrected chi connectivity index (χ2v) is 4.87. The smallest absolute Gasteiger partial charge is 0.130 e. The zero-order valence-electron chi connectivity index (χ0n) is 12.0. The molecule has 0 unspecified atom stereocenters. The molecule has 0 fully saturated rings. The lowest BCUT2D eigenvalue weighted by Crippen LogP contribution is -2.01. The molecule has 1 nitrogen and oxygen atoms in total. The van der Waals surface area contributed by atoms with Gasteiger partial charge in [0.05, 0.1) is 0 Å². The molecule has 0 spiro atoms. The lowest BCUT2D eigenvalue weighted by Gasteiger charge is -2.15. The van der Waals surface area contributed by atoms with Gasteiger partial charge in [-0.25, -0.2) is 0 Å². The fourth-order valence-electron chi connectivity index (χ4n) is 1.89. The molecular formula is C17H24O. The van der Waals surface area contributed by atoms with Crippen LogP contribution in [0.3, 0.4) is 0 Å². The molecule has 0 N–H and O–H groups in total. The average molecular weight is 244 g/mol. The normalized spacial score (nSPS) is 10.0. The van der Waals surface area contributed by atoms with Gasteiger partial charge in [0.25, 0.3) is 0 Å². The Bertz CT molecular complexity index is 437. The van der Waals surface area contributed by atoms with Crippen molar-refractivity contribution in [1.82, 2.24) is 0 Å². The number of allylic oxidation sites excluding steroid dienone is 2. The summed E-state index contributed by atoms with van der Waals surface area (Å²) in [5.41, 5.74) is 3.68. The first-order valence-corrected chi connectivity index (χ1v) is 6.65. The highest BCUT2D eigenvalue weighted by atomic mass is 16.5. The van der Waals surface area contributed by atoms with Crippen LogP contribution >= 0.6 is 0 Å². The number of aryl methyl sites for hydroxylation is 1. The van der Waals surface area contributed by atoms with Crippen molar-refractivity contribution in [1.29, 1.82) is 0 Å². The number of unbranched alkanes of at least 4 members (excludes halogenated alkanes) is 1. The molecule has 0 saturated heterocycles. The zero-order chi connectivity index (χ0) is 13.5. The topological polar surface area (TPSA) is 9.23 Å². The van der Waals surface area contributed by atoms with E-state index in [2.05, 4.69) is 40.3 Å². The summed E-state index contributed by atoms with van der Waals surface area (Å²) in [5.74, 6) is 1.69. The van der Waals surface area contributed by atoms with Gasteiger partial charge in [0, 0.05) is 0 Å². The summed E-state index contributed by atoms with van der Waals surface area (Å²) in [5, 5.41) is 0. The molecular weight excluding hydrogens is 220 g/mol. The van der Waals surface area contributed by atoms with Crippen molar-refractivity contribution in [3.63, 3.8) is 0 Å². The molecule has 0 atom stereocenters. The van der Waals surface area contributed by atoms with Gasteiger partial charge >= 0.3 is 0 Å². The monoisotopic (exact) mass is 244 g/mol. The standard InChI is InChI=1S/C17H24O/c1-6-7-11-16(13(2)3)15(5)18-17-12-9-8-10-14(17)4/h8-10,12H,5-7,11H2,1-4H3. The van der Waals surface area contributed by atoms with Crippen LogP contribution in [0.2, 0.25) is 0 Å². The van der Waals surface area contributed by atoms with Crippen LogP contribution in [0.4, 0.5) is 0 Å². The molecule has 0 radical (unpaired) electrons. The van der Waals surface area contributed by atoms with Gasteiger partial charge in [-0.1, -0.05) is 43.7 Å². The van der Waals surface area contributed by atoms with Gasteiger partial charge in [0.1, 0.15) is 11.5 Å². The fraction of sp³-hybridized carbons (Fsp3) is 0.412. The van der Waals surface area contributed by atoms with Crippen molar-refractivity contribution in [2.24, 2.45) is 0 Å². The molecule has 0 saturated carbocycles. The first-order chi connectivity index (χ1) is 8.56. The summed E-state index contributed by atoms with van der Waals surface area (Å²) in [4.78, 5) is 0. The lowest BCUT2D eigenvalue weighted by molar-refractivity contribution is 0.429. The van der Waals surface area contributed by atoms with Crippen molar-refractivity contribution >= 4 is 0 Å². The molecule has 0 aliphatic heterocycles. The van der Waals surface area contributed by atoms with Gasteiger partial charge in [0.2, 0.25) is 0 Å². The molecule has 1 heteroatoms. The maximum atomic E-state index is 5.91. The Kier molecular flexibility index (Phi) is 5.70. The molecule has 1 rings (SSSR count). The van der Waals surface area contributed by atoms with Crippen LogP contribution in [0.5, 0.6) is 5.75 Å². The number of benzene rings is 1. The Morgan fingerprint density at radius 1 is 1.22 bits per heavy atom. The minimum absolute atomic E-state index is 0.790. The van der Waals surface area contributed by atoms with E-state index in [4.69, 9.17) is 4.74 Å². The molecule has 18 heavy (non-hydrogen) atoms. The van der Waals surface area contributed by atoms with Crippen molar-refractivity contribution in [3.05, 3.63) is 53.3 Å². The summed E-state index contributed by atoms with van der Waals surface area (Å²) in [6.45, 7) is 12.6. The number of hydrogen-bond acceptors (Lipinski definition) is 1. The zero-order valence-corrected chi connectivity index (χ0v) is 12.0. The first kappa shape index (κ1) is 14.6. The van der Waals surface area contributed by atoms with Crippen LogP contribution in [-0.2, 0) is 0 Å². The molecule has 0 amide bonds. The van der Waals surface area contributed by atoms with Gasteiger partial charge in [-0.05, 0) is 50.8 Å². The summed E-state index contributed by atoms with van der Waals surface area (Å²) in [7, 11) is 0. The Hall–Kier alpha value is -1.50. The molecule has 0 aliphatic rings. The van der Waals surface area contributed by atoms with E-state index in [0.29, 0.717) is 0 Å². The molecule has 0 heterocycles. The van der Waals surface area contributed by atoms with Crippen molar-refractivity contribution in [2.45, 2.75) is 47.0 Å². The summed E-state index contributed by atoms with van der Waals surface area (Å²) in [6.07, 6.45) is 3.41. The van der Waals surface area contributed by atoms with E-state index in [-0.39, 0.29) is 0 Å². The van der Waals surface area contributed by atoms with E-state index in [1.54, 1.807) is 0 Å². The number of rotatable bonds is 6. The SMILES string of the molecule is C=C(Oc1ccccc1C)C(CCCC)=C(C)C. The van der Waals surface area contributed by atoms with Crippen LogP contribution in [0.25, 0.3) is 0 Å². The minimum Gasteiger partial charge on any atom is -0.457 e. The van der Waals surface area contributed by atoms with Gasteiger partial charge < -0.3 is 4.74 Å². The van der Waals surface area contributed by atoms with Crippen LogP contribution in [0.15, 0.2) is 47.7 Å². The third-order valence-electron chi connectivity index (χ3n) is 3.05. The average Bonchev–Trinajstić information content (AvgIpc) is 2.32. The van der Waals surface area contributed by atoms with E-state index >= 15 is 0 Å². The van der Waals surface area contributed by atoms with E-state index in [9.17, 15) is 0 Å². The first-order valence-electron chi connectivity index (χ1n) is 6.65. The Labute approximate surface area is 111 Å². The Morgan fingerprint density at radius 2 is 1.89 bits per heavy atom. The number of para-hydroxylation sites is 1. The summed E-state index contributed by atoms with van der Waals surface area (Å²) in [6, 6.07) is 8.05. The van der Waals surface area contributed by atoms with Crippen molar-refractivity contribution in [3.8, 4) is 5.75 Å². The predicted octanol–water partition coefficient (Wildman–Crippen LogP) is 5.41. The predicted molar refractivity (Wildman–Crippen MR) is 78.8 cm³/mol. The quantitative estimate of drug-likeness (QED) is 0.480. The highest BCUT2D eigenvalue weighted by molar-refractivity contribution is 5.37. The largest absolute Gasteiger partial charge is 0.457 e. The van der Waals surface area contributed by atoms with Crippen LogP contribution in [-0.4, -0.2) is 0 Å². The van der Waals surface area contributed by atoms with Gasteiger partial charge in [0.15, 0.2) is 0 Å². The van der Waals surface area contributed by atoms with E-state index in [1.165, 1.54) is 24.0 Å². The highest BCUT2D eigenvalue weighted by Gasteiger charge is 2.08. The second kappa shape index (κ2) is 7.05. The molecule has 0 bridgehead atoms. The Morgan fingerprint density at radius 3 is 2.44 bits per heavy atom. The summed E-state index contributed by atoms with van der Waals surface area (Å²) < 4.78 is 5.91. The second-order valence-electron chi connectivity index (χ2n) is 4.87. The lowest BCUT2D eigenvalue weighted by atomic mass is 10.0. The number of ether oxygens (including phenoxy) is 1. The summed E-state index contributed by atoms with van der Waals surface area (Å²) >= 11 is 0. The van der Waals surface area contributed by atoms with E-state index < -0.39 is 0 Å². The van der Waals surface area contributed by atoms with Crippen molar-refractivity contribution < 1.29 is 4.74 Å². The third-order valence-corrected chi connectivity index (χ3v) is 3.05. The fourth-order valence-corrected chi connectivity index (χ4v) is 1.89. The highest BCUT2D eigenvalue weighted by Crippen LogP contribution is 2.25. The van der Waals surface area contributed by atoms with Crippen LogP contribution in [0.1, 0.15) is 45.6 Å². The Balaban J connectivity index is 2.80. The molecule has 0 aliphatic carbocycles. The van der Waals surface area contributed by atoms with Gasteiger partial charge in [-0.15, -0.1) is 0 Å². The van der Waals surface area contributed by atoms with Gasteiger partial charge in [-0.3, -0.25) is 0 Å². The molecule has 1 aromatic carbocycles.